The Hall–Kier alpha value is -0.218. The van der Waals surface area contributed by atoms with Gasteiger partial charge in [0.15, 0.2) is 0 Å². The van der Waals surface area contributed by atoms with Crippen molar-refractivity contribution < 1.29 is 30.0 Å². The van der Waals surface area contributed by atoms with Gasteiger partial charge in [-0.3, -0.25) is 0 Å². The van der Waals surface area contributed by atoms with E-state index in [9.17, 15) is 30.0 Å². The molecule has 0 aliphatic heterocycles. The molecule has 0 fully saturated rings. The van der Waals surface area contributed by atoms with Crippen molar-refractivity contribution in [3.8, 4) is 0 Å². The first-order valence-corrected chi connectivity index (χ1v) is 18.1. The van der Waals surface area contributed by atoms with E-state index in [4.69, 9.17) is 0 Å². The van der Waals surface area contributed by atoms with Gasteiger partial charge in [-0.1, -0.05) is 155 Å². The third-order valence-corrected chi connectivity index (χ3v) is 8.12. The van der Waals surface area contributed by atoms with E-state index in [1.54, 1.807) is 0 Å². The van der Waals surface area contributed by atoms with Crippen molar-refractivity contribution >= 4 is 39.2 Å². The van der Waals surface area contributed by atoms with Crippen molar-refractivity contribution in [2.24, 2.45) is 0 Å². The average Bonchev–Trinajstić information content (AvgIpc) is 2.95. The Morgan fingerprint density at radius 3 is 0.860 bits per heavy atom. The fourth-order valence-electron chi connectivity index (χ4n) is 5.32. The third-order valence-electron chi connectivity index (χ3n) is 8.12. The number of hydrogen-bond acceptors (Lipinski definition) is 6. The van der Waals surface area contributed by atoms with E-state index >= 15 is 0 Å². The minimum atomic E-state index is -0.928. The number of carbonyl (C=O) groups is 2. The van der Waals surface area contributed by atoms with Gasteiger partial charge in [0.2, 0.25) is 0 Å². The molecule has 0 bridgehead atoms. The third kappa shape index (κ3) is 46.3. The van der Waals surface area contributed by atoms with Crippen LogP contribution in [0.1, 0.15) is 206 Å². The number of rotatable bonds is 32. The van der Waals surface area contributed by atoms with E-state index < -0.39 is 11.9 Å². The Morgan fingerprint density at radius 2 is 0.628 bits per heavy atom. The van der Waals surface area contributed by atoms with Gasteiger partial charge < -0.3 is 30.0 Å². The maximum Gasteiger partial charge on any atom is 0.0540 e. The van der Waals surface area contributed by atoms with Crippen LogP contribution in [0.5, 0.6) is 0 Å². The zero-order valence-corrected chi connectivity index (χ0v) is 32.3. The number of carboxylic acid groups (broad SMARTS) is 2. The van der Waals surface area contributed by atoms with Gasteiger partial charge in [0.1, 0.15) is 0 Å². The quantitative estimate of drug-likeness (QED) is 0.0535. The number of carbonyl (C=O) groups excluding carboxylic acids is 2. The topological polar surface area (TPSA) is 121 Å². The molecule has 0 saturated heterocycles. The van der Waals surface area contributed by atoms with Gasteiger partial charge in [0.05, 0.1) is 12.2 Å². The van der Waals surface area contributed by atoms with Gasteiger partial charge in [0.25, 0.3) is 0 Å². The minimum Gasteiger partial charge on any atom is -0.550 e. The standard InChI is InChI=1S/2C18H36O3.Pb/c2*1-2-3-4-11-14-17(19)15-12-9-7-5-6-8-10-13-16-18(20)21;/h2*17,19H,2-16H2,1H3,(H,20,21);/p-2. The molecule has 2 N–H and O–H groups in total. The van der Waals surface area contributed by atoms with Gasteiger partial charge >= 0.3 is 0 Å². The molecular formula is C36H70O6Pb-2. The van der Waals surface area contributed by atoms with Crippen LogP contribution in [0.4, 0.5) is 0 Å². The Balaban J connectivity index is -0.000000727. The molecule has 2 atom stereocenters. The van der Waals surface area contributed by atoms with E-state index in [0.29, 0.717) is 0 Å². The van der Waals surface area contributed by atoms with Crippen LogP contribution in [-0.2, 0) is 9.59 Å². The molecule has 0 amide bonds. The Bertz CT molecular complexity index is 512. The van der Waals surface area contributed by atoms with Gasteiger partial charge in [0, 0.05) is 39.2 Å². The first-order chi connectivity index (χ1) is 20.3. The second-order valence-corrected chi connectivity index (χ2v) is 12.5. The summed E-state index contributed by atoms with van der Waals surface area (Å²) in [4.78, 5) is 20.5. The normalized spacial score (nSPS) is 12.2. The zero-order valence-electron chi connectivity index (χ0n) is 28.4. The molecule has 0 aromatic carbocycles. The molecular weight excluding hydrogens is 736 g/mol. The molecule has 4 radical (unpaired) electrons. The molecule has 6 nitrogen and oxygen atoms in total. The van der Waals surface area contributed by atoms with Crippen LogP contribution < -0.4 is 10.2 Å². The fourth-order valence-corrected chi connectivity index (χ4v) is 5.32. The van der Waals surface area contributed by atoms with Crippen LogP contribution in [0, 0.1) is 0 Å². The summed E-state index contributed by atoms with van der Waals surface area (Å²) in [6, 6.07) is 0. The molecule has 0 spiro atoms. The first kappa shape index (κ1) is 47.2. The summed E-state index contributed by atoms with van der Waals surface area (Å²) >= 11 is 0. The van der Waals surface area contributed by atoms with Gasteiger partial charge in [-0.2, -0.15) is 0 Å². The molecule has 0 aromatic rings. The van der Waals surface area contributed by atoms with Crippen LogP contribution in [0.2, 0.25) is 0 Å². The van der Waals surface area contributed by atoms with Crippen molar-refractivity contribution in [2.75, 3.05) is 0 Å². The van der Waals surface area contributed by atoms with Crippen molar-refractivity contribution in [1.82, 2.24) is 0 Å². The molecule has 0 aliphatic rings. The zero-order chi connectivity index (χ0) is 31.5. The minimum absolute atomic E-state index is 0. The number of unbranched alkanes of at least 4 members (excludes halogenated alkanes) is 20. The van der Waals surface area contributed by atoms with Crippen molar-refractivity contribution in [3.05, 3.63) is 0 Å². The van der Waals surface area contributed by atoms with Gasteiger partial charge in [-0.25, -0.2) is 0 Å². The smallest absolute Gasteiger partial charge is 0.0540 e. The molecule has 256 valence electrons. The Morgan fingerprint density at radius 1 is 0.419 bits per heavy atom. The summed E-state index contributed by atoms with van der Waals surface area (Å²) in [7, 11) is 0. The second-order valence-electron chi connectivity index (χ2n) is 12.5. The van der Waals surface area contributed by atoms with Crippen LogP contribution in [-0.4, -0.2) is 61.7 Å². The molecule has 0 aromatic heterocycles. The Labute approximate surface area is 286 Å². The first-order valence-electron chi connectivity index (χ1n) is 18.1. The summed E-state index contributed by atoms with van der Waals surface area (Å²) < 4.78 is 0. The summed E-state index contributed by atoms with van der Waals surface area (Å²) in [5.74, 6) is -1.86. The van der Waals surface area contributed by atoms with Crippen molar-refractivity contribution in [1.29, 1.82) is 0 Å². The van der Waals surface area contributed by atoms with E-state index in [1.165, 1.54) is 103 Å². The molecule has 2 unspecified atom stereocenters. The molecule has 0 saturated carbocycles. The van der Waals surface area contributed by atoms with Crippen molar-refractivity contribution in [2.45, 2.75) is 219 Å². The molecule has 0 rings (SSSR count). The largest absolute Gasteiger partial charge is 0.550 e. The van der Waals surface area contributed by atoms with Crippen LogP contribution in [0.25, 0.3) is 0 Å². The summed E-state index contributed by atoms with van der Waals surface area (Å²) in [6.45, 7) is 4.42. The van der Waals surface area contributed by atoms with Crippen LogP contribution in [0.3, 0.4) is 0 Å². The van der Waals surface area contributed by atoms with E-state index in [2.05, 4.69) is 13.8 Å². The second kappa shape index (κ2) is 39.8. The average molecular weight is 806 g/mol. The van der Waals surface area contributed by atoms with Crippen LogP contribution in [0.15, 0.2) is 0 Å². The molecule has 0 heterocycles. The predicted octanol–water partition coefficient (Wildman–Crippen LogP) is 7.56. The maximum atomic E-state index is 10.2. The molecule has 0 aliphatic carbocycles. The van der Waals surface area contributed by atoms with E-state index in [1.807, 2.05) is 0 Å². The van der Waals surface area contributed by atoms with E-state index in [-0.39, 0.29) is 52.3 Å². The van der Waals surface area contributed by atoms with Crippen molar-refractivity contribution in [3.63, 3.8) is 0 Å². The van der Waals surface area contributed by atoms with Crippen LogP contribution >= 0.6 is 0 Å². The number of hydrogen-bond donors (Lipinski definition) is 2. The molecule has 43 heavy (non-hydrogen) atoms. The monoisotopic (exact) mass is 806 g/mol. The number of aliphatic hydroxyl groups excluding tert-OH is 2. The SMILES string of the molecule is CCCCCCC(O)CCCCCCCCCCC(=O)[O-].CCCCCCC(O)CCCCCCCCCCC(=O)[O-].[Pb]. The Kier molecular flexibility index (Phi) is 43.7. The number of aliphatic hydroxyl groups is 2. The molecule has 7 heteroatoms. The number of aliphatic carboxylic acids is 2. The predicted molar refractivity (Wildman–Crippen MR) is 178 cm³/mol. The van der Waals surface area contributed by atoms with E-state index in [0.717, 1.165) is 77.0 Å². The summed E-state index contributed by atoms with van der Waals surface area (Å²) in [6.07, 6.45) is 31.8. The van der Waals surface area contributed by atoms with Gasteiger partial charge in [-0.15, -0.1) is 0 Å². The number of carboxylic acids is 2. The maximum absolute atomic E-state index is 10.2. The fraction of sp³-hybridized carbons (Fsp3) is 0.944. The summed E-state index contributed by atoms with van der Waals surface area (Å²) in [5, 5.41) is 40.1. The van der Waals surface area contributed by atoms with Gasteiger partial charge in [-0.05, 0) is 51.4 Å². The summed E-state index contributed by atoms with van der Waals surface area (Å²) in [5.41, 5.74) is 0.